The summed E-state index contributed by atoms with van der Waals surface area (Å²) >= 11 is 0. The van der Waals surface area contributed by atoms with Gasteiger partial charge in [-0.2, -0.15) is 0 Å². The summed E-state index contributed by atoms with van der Waals surface area (Å²) in [7, 11) is 4.80. The third-order valence-electron chi connectivity index (χ3n) is 12.9. The number of piperidine rings is 1. The first-order valence-electron chi connectivity index (χ1n) is 21.7. The van der Waals surface area contributed by atoms with Crippen LogP contribution in [0.25, 0.3) is 0 Å². The molecule has 0 radical (unpaired) electrons. The Balaban J connectivity index is 1.47. The van der Waals surface area contributed by atoms with Crippen molar-refractivity contribution in [3.8, 4) is 0 Å². The number of fused-ring (bicyclic) bond motifs is 2. The average Bonchev–Trinajstić information content (AvgIpc) is 3.96. The van der Waals surface area contributed by atoms with Crippen LogP contribution >= 0.6 is 0 Å². The molecule has 14 nitrogen and oxygen atoms in total. The molecule has 3 fully saturated rings. The molecule has 59 heavy (non-hydrogen) atoms. The largest absolute Gasteiger partial charge is 0.444 e. The van der Waals surface area contributed by atoms with Crippen molar-refractivity contribution in [3.63, 3.8) is 0 Å². The second kappa shape index (κ2) is 20.7. The highest BCUT2D eigenvalue weighted by Crippen LogP contribution is 2.43. The van der Waals surface area contributed by atoms with Gasteiger partial charge in [0.1, 0.15) is 17.7 Å². The van der Waals surface area contributed by atoms with E-state index in [-0.39, 0.29) is 59.9 Å². The number of amides is 5. The van der Waals surface area contributed by atoms with E-state index in [4.69, 9.17) is 14.2 Å². The molecule has 0 spiro atoms. The number of aliphatic hydroxyl groups is 1. The summed E-state index contributed by atoms with van der Waals surface area (Å²) in [6.07, 6.45) is 1.77. The summed E-state index contributed by atoms with van der Waals surface area (Å²) in [5.41, 5.74) is -0.0156. The van der Waals surface area contributed by atoms with E-state index in [2.05, 4.69) is 10.6 Å². The van der Waals surface area contributed by atoms with Gasteiger partial charge in [-0.25, -0.2) is 4.79 Å². The molecule has 1 aliphatic carbocycles. The number of rotatable bonds is 18. The van der Waals surface area contributed by atoms with Gasteiger partial charge in [-0.15, -0.1) is 0 Å². The van der Waals surface area contributed by atoms with E-state index in [0.717, 1.165) is 25.7 Å². The van der Waals surface area contributed by atoms with Crippen LogP contribution in [-0.4, -0.2) is 131 Å². The van der Waals surface area contributed by atoms with Gasteiger partial charge < -0.3 is 39.8 Å². The third-order valence-corrected chi connectivity index (χ3v) is 12.9. The Morgan fingerprint density at radius 1 is 0.949 bits per heavy atom. The summed E-state index contributed by atoms with van der Waals surface area (Å²) in [5, 5.41) is 16.9. The Morgan fingerprint density at radius 2 is 1.61 bits per heavy atom. The summed E-state index contributed by atoms with van der Waals surface area (Å²) in [6, 6.07) is 6.04. The SMILES string of the molecule is CC[C@H](C)[C@@H]([C@@H](CC(=O)N1CCCC1[C@H](OC)[C@@H](C)C(=O)N[C@H](C)[C@@H](O)c1ccccc1)OC)N(C)C(=O)C(NC(=O)[C@@H]1[C@H]2CC[C@H](C2)N1C(=O)OC(C)(C)C)C(C)C. The van der Waals surface area contributed by atoms with Crippen molar-refractivity contribution in [2.45, 2.75) is 167 Å². The van der Waals surface area contributed by atoms with E-state index in [1.165, 1.54) is 0 Å². The first-order chi connectivity index (χ1) is 27.8. The summed E-state index contributed by atoms with van der Waals surface area (Å²) in [6.45, 7) is 17.2. The van der Waals surface area contributed by atoms with Gasteiger partial charge in [-0.3, -0.25) is 24.1 Å². The molecule has 3 N–H and O–H groups in total. The van der Waals surface area contributed by atoms with Crippen LogP contribution in [0.1, 0.15) is 119 Å². The zero-order valence-electron chi connectivity index (χ0n) is 37.6. The number of ether oxygens (including phenoxy) is 3. The fraction of sp³-hybridized carbons (Fsp3) is 0.756. The molecule has 4 rings (SSSR count). The van der Waals surface area contributed by atoms with Crippen molar-refractivity contribution in [2.24, 2.45) is 23.7 Å². The molecule has 1 saturated carbocycles. The van der Waals surface area contributed by atoms with Gasteiger partial charge in [0, 0.05) is 33.9 Å². The molecule has 14 heteroatoms. The molecule has 12 atom stereocenters. The Labute approximate surface area is 352 Å². The van der Waals surface area contributed by atoms with E-state index in [1.54, 1.807) is 70.6 Å². The molecule has 2 unspecified atom stereocenters. The van der Waals surface area contributed by atoms with Crippen LogP contribution in [-0.2, 0) is 33.4 Å². The average molecular weight is 828 g/mol. The van der Waals surface area contributed by atoms with Crippen LogP contribution in [0.4, 0.5) is 4.79 Å². The number of aliphatic hydroxyl groups excluding tert-OH is 1. The van der Waals surface area contributed by atoms with E-state index < -0.39 is 60.1 Å². The number of carbonyl (C=O) groups excluding carboxylic acids is 5. The molecule has 2 bridgehead atoms. The minimum atomic E-state index is -0.892. The first-order valence-corrected chi connectivity index (χ1v) is 21.7. The summed E-state index contributed by atoms with van der Waals surface area (Å²) in [4.78, 5) is 74.8. The van der Waals surface area contributed by atoms with Crippen molar-refractivity contribution >= 4 is 29.7 Å². The fourth-order valence-electron chi connectivity index (χ4n) is 9.55. The number of methoxy groups -OCH3 is 2. The van der Waals surface area contributed by atoms with Crippen LogP contribution in [0.15, 0.2) is 30.3 Å². The molecule has 1 aromatic carbocycles. The predicted octanol–water partition coefficient (Wildman–Crippen LogP) is 5.07. The van der Waals surface area contributed by atoms with Crippen molar-refractivity contribution < 1.29 is 43.3 Å². The predicted molar refractivity (Wildman–Crippen MR) is 225 cm³/mol. The molecule has 3 aliphatic rings. The van der Waals surface area contributed by atoms with E-state index in [0.29, 0.717) is 24.9 Å². The van der Waals surface area contributed by atoms with Crippen LogP contribution in [0.2, 0.25) is 0 Å². The molecule has 2 aliphatic heterocycles. The second-order valence-corrected chi connectivity index (χ2v) is 18.5. The van der Waals surface area contributed by atoms with Crippen molar-refractivity contribution in [2.75, 3.05) is 27.8 Å². The molecular formula is C45H73N5O9. The van der Waals surface area contributed by atoms with Crippen molar-refractivity contribution in [1.29, 1.82) is 0 Å². The topological polar surface area (TPSA) is 167 Å². The zero-order chi connectivity index (χ0) is 43.9. The maximum atomic E-state index is 14.5. The van der Waals surface area contributed by atoms with Crippen LogP contribution in [0.3, 0.4) is 0 Å². The number of nitrogens with one attached hydrogen (secondary N) is 2. The van der Waals surface area contributed by atoms with Gasteiger partial charge >= 0.3 is 6.09 Å². The number of nitrogens with zero attached hydrogens (tertiary/aromatic N) is 3. The van der Waals surface area contributed by atoms with Gasteiger partial charge in [-0.1, -0.05) is 71.4 Å². The molecular weight excluding hydrogens is 755 g/mol. The number of carbonyl (C=O) groups is 5. The summed E-state index contributed by atoms with van der Waals surface area (Å²) < 4.78 is 17.7. The van der Waals surface area contributed by atoms with Gasteiger partial charge in [0.25, 0.3) is 0 Å². The second-order valence-electron chi connectivity index (χ2n) is 18.5. The maximum Gasteiger partial charge on any atom is 0.411 e. The van der Waals surface area contributed by atoms with Crippen molar-refractivity contribution in [3.05, 3.63) is 35.9 Å². The van der Waals surface area contributed by atoms with E-state index >= 15 is 0 Å². The Morgan fingerprint density at radius 3 is 2.19 bits per heavy atom. The van der Waals surface area contributed by atoms with Gasteiger partial charge in [0.05, 0.1) is 48.8 Å². The summed E-state index contributed by atoms with van der Waals surface area (Å²) in [5.74, 6) is -2.09. The zero-order valence-corrected chi connectivity index (χ0v) is 37.6. The molecule has 5 amide bonds. The minimum absolute atomic E-state index is 0.00830. The normalized spacial score (nSPS) is 24.4. The standard InChI is InChI=1S/C45H73N5O9/c1-13-27(4)37(48(10)43(55)36(26(2)3)47-42(54)38-31-21-22-32(24-31)50(38)44(56)59-45(7,8)9)34(57-11)25-35(51)49-23-17-20-33(49)40(58-12)28(5)41(53)46-29(6)39(52)30-18-15-14-16-19-30/h14-16,18-19,26-29,31-34,36-40,52H,13,17,20-25H2,1-12H3,(H,46,53)(H,47,54)/t27-,28+,29+,31-,32+,33?,34+,36?,37-,38-,39+,40+/m0/s1. The number of benzene rings is 1. The number of hydrogen-bond donors (Lipinski definition) is 3. The molecule has 332 valence electrons. The lowest BCUT2D eigenvalue weighted by Gasteiger charge is -2.41. The van der Waals surface area contributed by atoms with Crippen LogP contribution in [0.5, 0.6) is 0 Å². The highest BCUT2D eigenvalue weighted by molar-refractivity contribution is 5.92. The lowest BCUT2D eigenvalue weighted by atomic mass is 9.89. The monoisotopic (exact) mass is 828 g/mol. The van der Waals surface area contributed by atoms with Gasteiger partial charge in [0.2, 0.25) is 23.6 Å². The smallest absolute Gasteiger partial charge is 0.411 e. The lowest BCUT2D eigenvalue weighted by Crippen LogP contribution is -2.61. The molecule has 2 heterocycles. The number of likely N-dealkylation sites (tertiary alicyclic amines) is 2. The number of hydrogen-bond acceptors (Lipinski definition) is 9. The lowest BCUT2D eigenvalue weighted by molar-refractivity contribution is -0.148. The molecule has 1 aromatic rings. The highest BCUT2D eigenvalue weighted by atomic mass is 16.6. The van der Waals surface area contributed by atoms with E-state index in [9.17, 15) is 29.1 Å². The Bertz CT molecular complexity index is 1590. The Hall–Kier alpha value is -3.75. The van der Waals surface area contributed by atoms with Crippen molar-refractivity contribution in [1.82, 2.24) is 25.3 Å². The van der Waals surface area contributed by atoms with Crippen LogP contribution in [0, 0.1) is 23.7 Å². The Kier molecular flexibility index (Phi) is 16.8. The molecule has 2 saturated heterocycles. The minimum Gasteiger partial charge on any atom is -0.444 e. The van der Waals surface area contributed by atoms with E-state index in [1.807, 2.05) is 58.0 Å². The third kappa shape index (κ3) is 11.3. The first kappa shape index (κ1) is 47.9. The van der Waals surface area contributed by atoms with Gasteiger partial charge in [0.15, 0.2) is 0 Å². The number of likely N-dealkylation sites (N-methyl/N-ethyl adjacent to an activating group) is 1. The fourth-order valence-corrected chi connectivity index (χ4v) is 9.55. The molecule has 0 aromatic heterocycles. The highest BCUT2D eigenvalue weighted by Gasteiger charge is 2.53. The van der Waals surface area contributed by atoms with Crippen LogP contribution < -0.4 is 10.6 Å². The van der Waals surface area contributed by atoms with Gasteiger partial charge in [-0.05, 0) is 83.1 Å². The quantitative estimate of drug-likeness (QED) is 0.183. The maximum absolute atomic E-state index is 14.5.